The third-order valence-electron chi connectivity index (χ3n) is 6.39. The standard InChI is InChI=1S/C28H23N3O8S/c29-40(37,38)19-6-1-15(2-7-19)14-30-28(36)31-16-3-8-20(23(11-16)27(34)35)26-21-9-4-17(32)12-24(21)39-25-13-18(33)5-10-22(25)26/h1-13,26,32-33H,14H2,(H,34,35)(H2,29,37,38)(H2,30,31,36). The fraction of sp³-hybridized carbons (Fsp3) is 0.0714. The minimum atomic E-state index is -3.83. The van der Waals surface area contributed by atoms with Gasteiger partial charge >= 0.3 is 12.0 Å². The SMILES string of the molecule is NS(=O)(=O)c1ccc(CNC(=O)Nc2ccc(C3c4ccc(O)cc4Oc4cc(O)ccc43)c(C(=O)O)c2)cc1. The second kappa shape index (κ2) is 10.2. The number of rotatable bonds is 6. The largest absolute Gasteiger partial charge is 0.508 e. The highest BCUT2D eigenvalue weighted by Gasteiger charge is 2.32. The van der Waals surface area contributed by atoms with Crippen LogP contribution in [0.25, 0.3) is 0 Å². The molecule has 1 heterocycles. The molecule has 0 radical (unpaired) electrons. The smallest absolute Gasteiger partial charge is 0.336 e. The summed E-state index contributed by atoms with van der Waals surface area (Å²) in [5.74, 6) is -1.26. The summed E-state index contributed by atoms with van der Waals surface area (Å²) in [6.45, 7) is 0.0793. The number of nitrogens with two attached hydrogens (primary N) is 1. The van der Waals surface area contributed by atoms with Gasteiger partial charge in [0.25, 0.3) is 0 Å². The molecule has 0 atom stereocenters. The van der Waals surface area contributed by atoms with Crippen LogP contribution < -0.4 is 20.5 Å². The van der Waals surface area contributed by atoms with Crippen LogP contribution in [0.2, 0.25) is 0 Å². The van der Waals surface area contributed by atoms with E-state index in [-0.39, 0.29) is 34.2 Å². The molecule has 0 fully saturated rings. The van der Waals surface area contributed by atoms with Crippen molar-refractivity contribution in [2.24, 2.45) is 5.14 Å². The highest BCUT2D eigenvalue weighted by atomic mass is 32.2. The van der Waals surface area contributed by atoms with Crippen molar-refractivity contribution in [3.8, 4) is 23.0 Å². The number of benzene rings is 4. The zero-order valence-electron chi connectivity index (χ0n) is 20.7. The Kier molecular flexibility index (Phi) is 6.80. The number of carbonyl (C=O) groups excluding carboxylic acids is 1. The van der Waals surface area contributed by atoms with Crippen LogP contribution in [0.1, 0.15) is 38.5 Å². The number of phenols is 2. The Balaban J connectivity index is 1.41. The molecule has 12 heteroatoms. The Labute approximate surface area is 228 Å². The van der Waals surface area contributed by atoms with Crippen molar-refractivity contribution in [2.45, 2.75) is 17.4 Å². The lowest BCUT2D eigenvalue weighted by Gasteiger charge is -2.29. The monoisotopic (exact) mass is 561 g/mol. The fourth-order valence-electron chi connectivity index (χ4n) is 4.55. The molecule has 2 amide bonds. The van der Waals surface area contributed by atoms with Gasteiger partial charge in [-0.15, -0.1) is 0 Å². The number of urea groups is 1. The molecule has 40 heavy (non-hydrogen) atoms. The zero-order chi connectivity index (χ0) is 28.6. The molecule has 0 aliphatic carbocycles. The van der Waals surface area contributed by atoms with Gasteiger partial charge in [0, 0.05) is 41.4 Å². The molecule has 7 N–H and O–H groups in total. The van der Waals surface area contributed by atoms with Gasteiger partial charge in [-0.2, -0.15) is 0 Å². The Morgan fingerprint density at radius 1 is 0.825 bits per heavy atom. The van der Waals surface area contributed by atoms with E-state index in [1.54, 1.807) is 24.3 Å². The Morgan fingerprint density at radius 2 is 1.40 bits per heavy atom. The number of carboxylic acid groups (broad SMARTS) is 1. The van der Waals surface area contributed by atoms with Gasteiger partial charge in [-0.25, -0.2) is 23.1 Å². The number of sulfonamides is 1. The molecule has 0 spiro atoms. The highest BCUT2D eigenvalue weighted by molar-refractivity contribution is 7.89. The predicted octanol–water partition coefficient (Wildman–Crippen LogP) is 4.05. The van der Waals surface area contributed by atoms with Crippen molar-refractivity contribution in [1.29, 1.82) is 0 Å². The van der Waals surface area contributed by atoms with Gasteiger partial charge in [0.15, 0.2) is 0 Å². The van der Waals surface area contributed by atoms with Gasteiger partial charge in [0.05, 0.1) is 10.5 Å². The van der Waals surface area contributed by atoms with Crippen molar-refractivity contribution in [2.75, 3.05) is 5.32 Å². The van der Waals surface area contributed by atoms with E-state index in [4.69, 9.17) is 9.88 Å². The maximum atomic E-state index is 12.5. The minimum Gasteiger partial charge on any atom is -0.508 e. The number of ether oxygens (including phenoxy) is 1. The van der Waals surface area contributed by atoms with Crippen LogP contribution >= 0.6 is 0 Å². The van der Waals surface area contributed by atoms with E-state index in [1.165, 1.54) is 54.6 Å². The second-order valence-electron chi connectivity index (χ2n) is 9.08. The number of anilines is 1. The maximum Gasteiger partial charge on any atom is 0.336 e. The number of carbonyl (C=O) groups is 2. The summed E-state index contributed by atoms with van der Waals surface area (Å²) in [5, 5.41) is 40.3. The zero-order valence-corrected chi connectivity index (χ0v) is 21.5. The molecule has 0 saturated carbocycles. The molecule has 0 saturated heterocycles. The molecule has 4 aromatic rings. The number of hydrogen-bond donors (Lipinski definition) is 6. The van der Waals surface area contributed by atoms with Crippen LogP contribution in [0.15, 0.2) is 83.8 Å². The lowest BCUT2D eigenvalue weighted by atomic mass is 9.80. The fourth-order valence-corrected chi connectivity index (χ4v) is 5.06. The lowest BCUT2D eigenvalue weighted by Crippen LogP contribution is -2.28. The Morgan fingerprint density at radius 3 is 1.95 bits per heavy atom. The lowest BCUT2D eigenvalue weighted by molar-refractivity contribution is 0.0695. The molecular weight excluding hydrogens is 538 g/mol. The number of carboxylic acids is 1. The molecule has 0 unspecified atom stereocenters. The first-order valence-electron chi connectivity index (χ1n) is 11.9. The van der Waals surface area contributed by atoms with E-state index in [2.05, 4.69) is 10.6 Å². The van der Waals surface area contributed by atoms with E-state index in [1.807, 2.05) is 0 Å². The molecule has 204 valence electrons. The first-order valence-corrected chi connectivity index (χ1v) is 13.4. The van der Waals surface area contributed by atoms with E-state index in [0.29, 0.717) is 33.8 Å². The first-order chi connectivity index (χ1) is 19.0. The number of aromatic carboxylic acids is 1. The van der Waals surface area contributed by atoms with Crippen molar-refractivity contribution >= 4 is 27.7 Å². The van der Waals surface area contributed by atoms with Crippen LogP contribution in [0.4, 0.5) is 10.5 Å². The number of primary sulfonamides is 1. The molecule has 4 aromatic carbocycles. The average molecular weight is 562 g/mol. The molecular formula is C28H23N3O8S. The van der Waals surface area contributed by atoms with Crippen LogP contribution in [-0.2, 0) is 16.6 Å². The van der Waals surface area contributed by atoms with Gasteiger partial charge in [0.2, 0.25) is 10.0 Å². The van der Waals surface area contributed by atoms with E-state index in [9.17, 15) is 33.3 Å². The highest BCUT2D eigenvalue weighted by Crippen LogP contribution is 2.49. The summed E-state index contributed by atoms with van der Waals surface area (Å²) in [6.07, 6.45) is 0. The molecule has 11 nitrogen and oxygen atoms in total. The number of amides is 2. The third kappa shape index (κ3) is 5.39. The Bertz CT molecular complexity index is 1700. The summed E-state index contributed by atoms with van der Waals surface area (Å²) in [6, 6.07) is 18.7. The molecule has 1 aliphatic heterocycles. The summed E-state index contributed by atoms with van der Waals surface area (Å²) >= 11 is 0. The van der Waals surface area contributed by atoms with Gasteiger partial charge in [-0.1, -0.05) is 30.3 Å². The van der Waals surface area contributed by atoms with Gasteiger partial charge in [0.1, 0.15) is 23.0 Å². The van der Waals surface area contributed by atoms with Crippen molar-refractivity contribution in [3.63, 3.8) is 0 Å². The topological polar surface area (TPSA) is 188 Å². The minimum absolute atomic E-state index is 0.0366. The van der Waals surface area contributed by atoms with Crippen LogP contribution in [-0.4, -0.2) is 35.7 Å². The Hall–Kier alpha value is -5.07. The van der Waals surface area contributed by atoms with E-state index >= 15 is 0 Å². The summed E-state index contributed by atoms with van der Waals surface area (Å²) in [5.41, 5.74) is 2.43. The summed E-state index contributed by atoms with van der Waals surface area (Å²) in [4.78, 5) is 24.8. The van der Waals surface area contributed by atoms with Gasteiger partial charge in [-0.05, 0) is 47.5 Å². The maximum absolute atomic E-state index is 12.5. The van der Waals surface area contributed by atoms with Crippen molar-refractivity contribution in [3.05, 3.63) is 107 Å². The predicted molar refractivity (Wildman–Crippen MR) is 144 cm³/mol. The quantitative estimate of drug-likeness (QED) is 0.179. The van der Waals surface area contributed by atoms with E-state index in [0.717, 1.165) is 0 Å². The summed E-state index contributed by atoms with van der Waals surface area (Å²) < 4.78 is 28.7. The molecule has 0 bridgehead atoms. The van der Waals surface area contributed by atoms with Crippen molar-refractivity contribution < 1.29 is 38.1 Å². The van der Waals surface area contributed by atoms with Crippen LogP contribution in [0.3, 0.4) is 0 Å². The molecule has 5 rings (SSSR count). The van der Waals surface area contributed by atoms with E-state index < -0.39 is 27.9 Å². The first kappa shape index (κ1) is 26.5. The number of nitrogens with one attached hydrogen (secondary N) is 2. The number of aromatic hydroxyl groups is 2. The normalized spacial score (nSPS) is 12.5. The molecule has 0 aromatic heterocycles. The second-order valence-corrected chi connectivity index (χ2v) is 10.6. The van der Waals surface area contributed by atoms with Crippen LogP contribution in [0, 0.1) is 0 Å². The third-order valence-corrected chi connectivity index (χ3v) is 7.32. The summed E-state index contributed by atoms with van der Waals surface area (Å²) in [7, 11) is -3.83. The number of phenolic OH excluding ortho intramolecular Hbond substituents is 2. The number of hydrogen-bond acceptors (Lipinski definition) is 7. The number of fused-ring (bicyclic) bond motifs is 2. The average Bonchev–Trinajstić information content (AvgIpc) is 2.90. The van der Waals surface area contributed by atoms with Gasteiger partial charge < -0.3 is 30.7 Å². The van der Waals surface area contributed by atoms with Crippen molar-refractivity contribution in [1.82, 2.24) is 5.32 Å². The molecule has 1 aliphatic rings. The van der Waals surface area contributed by atoms with Gasteiger partial charge in [-0.3, -0.25) is 0 Å². The van der Waals surface area contributed by atoms with Crippen LogP contribution in [0.5, 0.6) is 23.0 Å².